The molecule has 0 atom stereocenters. The Morgan fingerprint density at radius 3 is 1.59 bits per heavy atom. The van der Waals surface area contributed by atoms with Crippen molar-refractivity contribution in [1.82, 2.24) is 19.9 Å². The first-order valence-electron chi connectivity index (χ1n) is 13.2. The van der Waals surface area contributed by atoms with Crippen LogP contribution in [-0.4, -0.2) is 19.9 Å². The molecule has 0 spiro atoms. The third-order valence-corrected chi connectivity index (χ3v) is 6.85. The van der Waals surface area contributed by atoms with Gasteiger partial charge in [-0.3, -0.25) is 4.98 Å². The van der Waals surface area contributed by atoms with E-state index in [1.807, 2.05) is 84.9 Å². The molecular weight excluding hydrogens is 681 g/mol. The summed E-state index contributed by atoms with van der Waals surface area (Å²) in [6.07, 6.45) is 0. The summed E-state index contributed by atoms with van der Waals surface area (Å²) < 4.78 is 0. The molecule has 2 aromatic heterocycles. The summed E-state index contributed by atoms with van der Waals surface area (Å²) >= 11 is 0. The van der Waals surface area contributed by atoms with E-state index in [1.165, 1.54) is 0 Å². The Balaban J connectivity index is 0.00000302. The molecule has 41 heavy (non-hydrogen) atoms. The van der Waals surface area contributed by atoms with Crippen LogP contribution in [0.25, 0.3) is 67.5 Å². The minimum atomic E-state index is 0. The van der Waals surface area contributed by atoms with Crippen molar-refractivity contribution >= 4 is 10.9 Å². The number of rotatable bonds is 5. The van der Waals surface area contributed by atoms with Crippen LogP contribution >= 0.6 is 0 Å². The number of benzene rings is 5. The average Bonchev–Trinajstić information content (AvgIpc) is 3.05. The van der Waals surface area contributed by atoms with Crippen molar-refractivity contribution in [1.29, 1.82) is 0 Å². The first-order chi connectivity index (χ1) is 19.8. The van der Waals surface area contributed by atoms with Crippen molar-refractivity contribution in [3.63, 3.8) is 0 Å². The van der Waals surface area contributed by atoms with Crippen molar-refractivity contribution in [2.24, 2.45) is 0 Å². The zero-order valence-corrected chi connectivity index (χ0v) is 24.3. The Morgan fingerprint density at radius 1 is 0.415 bits per heavy atom. The Hall–Kier alpha value is -4.83. The van der Waals surface area contributed by atoms with Gasteiger partial charge < -0.3 is 0 Å². The largest absolute Gasteiger partial charge is 0.296 e. The van der Waals surface area contributed by atoms with Gasteiger partial charge in [0.25, 0.3) is 0 Å². The normalized spacial score (nSPS) is 10.7. The molecule has 0 saturated carbocycles. The van der Waals surface area contributed by atoms with E-state index in [1.54, 1.807) is 0 Å². The fourth-order valence-electron chi connectivity index (χ4n) is 4.76. The van der Waals surface area contributed by atoms with Gasteiger partial charge in [-0.1, -0.05) is 115 Å². The molecule has 197 valence electrons. The number of aromatic nitrogens is 4. The Labute approximate surface area is 252 Å². The minimum Gasteiger partial charge on any atom is -0.296 e. The maximum atomic E-state index is 4.85. The monoisotopic (exact) mass is 704 g/mol. The summed E-state index contributed by atoms with van der Waals surface area (Å²) in [6.45, 7) is 0. The maximum absolute atomic E-state index is 4.85. The second kappa shape index (κ2) is 11.7. The maximum Gasteiger partial charge on any atom is 0.164 e. The molecule has 7 aromatic rings. The molecule has 0 unspecified atom stereocenters. The predicted octanol–water partition coefficient (Wildman–Crippen LogP) is 8.55. The Morgan fingerprint density at radius 2 is 0.951 bits per heavy atom. The van der Waals surface area contributed by atoms with Gasteiger partial charge in [0.15, 0.2) is 17.5 Å². The molecule has 0 fully saturated rings. The zero-order valence-electron chi connectivity index (χ0n) is 21.9. The van der Waals surface area contributed by atoms with Crippen LogP contribution in [0.1, 0.15) is 0 Å². The molecule has 0 saturated heterocycles. The average molecular weight is 704 g/mol. The van der Waals surface area contributed by atoms with Crippen LogP contribution in [0, 0.1) is 6.07 Å². The smallest absolute Gasteiger partial charge is 0.164 e. The van der Waals surface area contributed by atoms with E-state index in [0.717, 1.165) is 50.0 Å². The molecule has 5 heteroatoms. The van der Waals surface area contributed by atoms with Gasteiger partial charge >= 0.3 is 0 Å². The van der Waals surface area contributed by atoms with Gasteiger partial charge in [-0.25, -0.2) is 15.0 Å². The van der Waals surface area contributed by atoms with E-state index >= 15 is 0 Å². The second-order valence-corrected chi connectivity index (χ2v) is 9.50. The van der Waals surface area contributed by atoms with Gasteiger partial charge in [-0.15, -0.1) is 35.4 Å². The standard InChI is InChI=1S/C36H23N4.Ir/c1-3-11-27(12-4-1)34-38-35(28-13-5-2-6-14-28)40-36(39-34)29-20-18-25(19-21-29)30-15-9-16-31(24-30)33-23-22-26-10-7-8-17-32(26)37-33;/h1-15,17-24H;/q-1;. The number of hydrogen-bond donors (Lipinski definition) is 0. The summed E-state index contributed by atoms with van der Waals surface area (Å²) in [5.74, 6) is 1.95. The van der Waals surface area contributed by atoms with Crippen LogP contribution in [0.3, 0.4) is 0 Å². The summed E-state index contributed by atoms with van der Waals surface area (Å²) in [5.41, 5.74) is 7.88. The Bertz CT molecular complexity index is 1880. The van der Waals surface area contributed by atoms with Crippen molar-refractivity contribution in [2.45, 2.75) is 0 Å². The molecule has 0 aliphatic rings. The van der Waals surface area contributed by atoms with Gasteiger partial charge in [0, 0.05) is 36.8 Å². The number of para-hydroxylation sites is 1. The van der Waals surface area contributed by atoms with E-state index in [0.29, 0.717) is 17.5 Å². The molecule has 2 heterocycles. The molecule has 0 N–H and O–H groups in total. The molecule has 0 bridgehead atoms. The van der Waals surface area contributed by atoms with Gasteiger partial charge in [-0.2, -0.15) is 0 Å². The minimum absolute atomic E-state index is 0. The molecule has 7 rings (SSSR count). The van der Waals surface area contributed by atoms with Crippen molar-refractivity contribution in [2.75, 3.05) is 0 Å². The number of hydrogen-bond acceptors (Lipinski definition) is 4. The molecule has 0 aliphatic heterocycles. The second-order valence-electron chi connectivity index (χ2n) is 9.50. The van der Waals surface area contributed by atoms with Crippen molar-refractivity contribution < 1.29 is 20.1 Å². The topological polar surface area (TPSA) is 51.6 Å². The molecular formula is C36H23IrN4-. The van der Waals surface area contributed by atoms with Gasteiger partial charge in [0.1, 0.15) is 0 Å². The van der Waals surface area contributed by atoms with Gasteiger partial charge in [-0.05, 0) is 22.7 Å². The van der Waals surface area contributed by atoms with Crippen LogP contribution in [0.2, 0.25) is 0 Å². The number of fused-ring (bicyclic) bond motifs is 1. The quantitative estimate of drug-likeness (QED) is 0.169. The van der Waals surface area contributed by atoms with Crippen LogP contribution in [0.4, 0.5) is 0 Å². The van der Waals surface area contributed by atoms with E-state index < -0.39 is 0 Å². The molecule has 1 radical (unpaired) electrons. The van der Waals surface area contributed by atoms with E-state index in [4.69, 9.17) is 19.9 Å². The van der Waals surface area contributed by atoms with Crippen LogP contribution in [-0.2, 0) is 20.1 Å². The third-order valence-electron chi connectivity index (χ3n) is 6.85. The Kier molecular flexibility index (Phi) is 7.55. The number of pyridine rings is 1. The van der Waals surface area contributed by atoms with Gasteiger partial charge in [0.05, 0.1) is 5.52 Å². The molecule has 0 aliphatic carbocycles. The summed E-state index contributed by atoms with van der Waals surface area (Å²) in [6, 6.07) is 50.2. The molecule has 0 amide bonds. The van der Waals surface area contributed by atoms with Crippen LogP contribution < -0.4 is 0 Å². The van der Waals surface area contributed by atoms with E-state index in [-0.39, 0.29) is 20.1 Å². The first kappa shape index (κ1) is 26.4. The fraction of sp³-hybridized carbons (Fsp3) is 0. The van der Waals surface area contributed by atoms with Crippen molar-refractivity contribution in [3.05, 3.63) is 146 Å². The summed E-state index contributed by atoms with van der Waals surface area (Å²) in [4.78, 5) is 19.3. The zero-order chi connectivity index (χ0) is 26.7. The summed E-state index contributed by atoms with van der Waals surface area (Å²) in [7, 11) is 0. The molecule has 5 aromatic carbocycles. The van der Waals surface area contributed by atoms with E-state index in [2.05, 4.69) is 60.7 Å². The summed E-state index contributed by atoms with van der Waals surface area (Å²) in [5, 5.41) is 1.13. The van der Waals surface area contributed by atoms with Crippen molar-refractivity contribution in [3.8, 4) is 56.5 Å². The van der Waals surface area contributed by atoms with Crippen LogP contribution in [0.15, 0.2) is 140 Å². The first-order valence-corrected chi connectivity index (χ1v) is 13.2. The van der Waals surface area contributed by atoms with E-state index in [9.17, 15) is 0 Å². The SMILES string of the molecule is [Ir].[c-]1ccc(-c2ccc(-c3nc(-c4ccccc4)nc(-c4ccccc4)n3)cc2)cc1-c1ccc2ccccc2n1. The fourth-order valence-corrected chi connectivity index (χ4v) is 4.76. The van der Waals surface area contributed by atoms with Crippen LogP contribution in [0.5, 0.6) is 0 Å². The number of nitrogens with zero attached hydrogens (tertiary/aromatic N) is 4. The third kappa shape index (κ3) is 5.59. The van der Waals surface area contributed by atoms with Gasteiger partial charge in [0.2, 0.25) is 0 Å². The molecule has 4 nitrogen and oxygen atoms in total. The predicted molar refractivity (Wildman–Crippen MR) is 161 cm³/mol.